The summed E-state index contributed by atoms with van der Waals surface area (Å²) in [7, 11) is 4.53. The van der Waals surface area contributed by atoms with Gasteiger partial charge in [-0.05, 0) is 48.6 Å². The van der Waals surface area contributed by atoms with Gasteiger partial charge in [-0.1, -0.05) is 48.0 Å². The van der Waals surface area contributed by atoms with Gasteiger partial charge in [0.05, 0.1) is 33.4 Å². The lowest BCUT2D eigenvalue weighted by molar-refractivity contribution is 0.0728. The largest absolute Gasteiger partial charge is 0.493 e. The van der Waals surface area contributed by atoms with Crippen molar-refractivity contribution >= 4 is 16.8 Å². The van der Waals surface area contributed by atoms with Gasteiger partial charge in [-0.15, -0.1) is 0 Å². The molecule has 0 aliphatic carbocycles. The zero-order valence-electron chi connectivity index (χ0n) is 21.2. The number of nitrogens with one attached hydrogen (secondary N) is 1. The first-order valence-electron chi connectivity index (χ1n) is 11.6. The molecule has 0 aliphatic heterocycles. The number of amides is 1. The number of hydrogen-bond acceptors (Lipinski definition) is 5. The molecule has 1 N–H and O–H groups in total. The molecule has 1 aromatic heterocycles. The topological polar surface area (TPSA) is 80.9 Å². The fraction of sp³-hybridized carbons (Fsp3) is 0.241. The predicted octanol–water partition coefficient (Wildman–Crippen LogP) is 5.01. The van der Waals surface area contributed by atoms with E-state index in [0.717, 1.165) is 27.6 Å². The van der Waals surface area contributed by atoms with Gasteiger partial charge in [-0.3, -0.25) is 9.59 Å². The standard InChI is InChI=1S/C29H30N2O5/c1-18-9-11-20(12-10-18)16-31(17-23-13-21-8-6-7-19(2)26(21)30-28(23)32)29(33)22-14-24(34-3)27(36-5)25(15-22)35-4/h6-15H,16-17H2,1-5H3,(H,30,32). The molecule has 186 valence electrons. The number of methoxy groups -OCH3 is 3. The summed E-state index contributed by atoms with van der Waals surface area (Å²) in [6.07, 6.45) is 0. The number of carbonyl (C=O) groups excluding carboxylic acids is 1. The van der Waals surface area contributed by atoms with Gasteiger partial charge in [0.2, 0.25) is 5.75 Å². The number of nitrogens with zero attached hydrogens (tertiary/aromatic N) is 1. The van der Waals surface area contributed by atoms with Crippen LogP contribution in [0.15, 0.2) is 65.5 Å². The second-order valence-corrected chi connectivity index (χ2v) is 8.72. The predicted molar refractivity (Wildman–Crippen MR) is 140 cm³/mol. The highest BCUT2D eigenvalue weighted by Gasteiger charge is 2.23. The number of para-hydroxylation sites is 1. The number of pyridine rings is 1. The van der Waals surface area contributed by atoms with E-state index in [-0.39, 0.29) is 18.0 Å². The van der Waals surface area contributed by atoms with Crippen LogP contribution in [-0.4, -0.2) is 37.1 Å². The van der Waals surface area contributed by atoms with E-state index < -0.39 is 0 Å². The zero-order chi connectivity index (χ0) is 25.8. The second kappa shape index (κ2) is 10.6. The van der Waals surface area contributed by atoms with Crippen molar-refractivity contribution in [2.75, 3.05) is 21.3 Å². The van der Waals surface area contributed by atoms with Crippen molar-refractivity contribution in [2.24, 2.45) is 0 Å². The van der Waals surface area contributed by atoms with Crippen molar-refractivity contribution in [3.63, 3.8) is 0 Å². The number of fused-ring (bicyclic) bond motifs is 1. The Hall–Kier alpha value is -4.26. The fourth-order valence-corrected chi connectivity index (χ4v) is 4.25. The summed E-state index contributed by atoms with van der Waals surface area (Å²) in [5, 5.41) is 0.917. The van der Waals surface area contributed by atoms with Gasteiger partial charge < -0.3 is 24.1 Å². The molecule has 36 heavy (non-hydrogen) atoms. The van der Waals surface area contributed by atoms with Crippen molar-refractivity contribution in [3.8, 4) is 17.2 Å². The molecule has 0 radical (unpaired) electrons. The summed E-state index contributed by atoms with van der Waals surface area (Å²) < 4.78 is 16.3. The van der Waals surface area contributed by atoms with Crippen LogP contribution >= 0.6 is 0 Å². The fourth-order valence-electron chi connectivity index (χ4n) is 4.25. The monoisotopic (exact) mass is 486 g/mol. The number of rotatable bonds is 8. The van der Waals surface area contributed by atoms with Gasteiger partial charge >= 0.3 is 0 Å². The van der Waals surface area contributed by atoms with Crippen LogP contribution in [0.2, 0.25) is 0 Å². The molecular weight excluding hydrogens is 456 g/mol. The van der Waals surface area contributed by atoms with E-state index in [1.165, 1.54) is 21.3 Å². The van der Waals surface area contributed by atoms with E-state index in [2.05, 4.69) is 4.98 Å². The summed E-state index contributed by atoms with van der Waals surface area (Å²) in [5.74, 6) is 0.908. The van der Waals surface area contributed by atoms with Crippen LogP contribution < -0.4 is 19.8 Å². The Kier molecular flexibility index (Phi) is 7.29. The molecule has 0 saturated carbocycles. The molecule has 4 rings (SSSR count). The summed E-state index contributed by atoms with van der Waals surface area (Å²) >= 11 is 0. The first-order chi connectivity index (χ1) is 17.3. The van der Waals surface area contributed by atoms with Gasteiger partial charge in [0.25, 0.3) is 11.5 Å². The number of aryl methyl sites for hydroxylation is 2. The quantitative estimate of drug-likeness (QED) is 0.379. The Balaban J connectivity index is 1.77. The van der Waals surface area contributed by atoms with Crippen LogP contribution in [0.5, 0.6) is 17.2 Å². The second-order valence-electron chi connectivity index (χ2n) is 8.72. The number of aromatic nitrogens is 1. The van der Waals surface area contributed by atoms with Crippen molar-refractivity contribution in [3.05, 3.63) is 98.8 Å². The van der Waals surface area contributed by atoms with Crippen LogP contribution in [-0.2, 0) is 13.1 Å². The molecule has 0 bridgehead atoms. The summed E-state index contributed by atoms with van der Waals surface area (Å²) in [6, 6.07) is 18.9. The molecule has 1 amide bonds. The number of benzene rings is 3. The Morgan fingerprint density at radius 2 is 1.53 bits per heavy atom. The average Bonchev–Trinajstić information content (AvgIpc) is 2.89. The average molecular weight is 487 g/mol. The third-order valence-electron chi connectivity index (χ3n) is 6.22. The van der Waals surface area contributed by atoms with Crippen LogP contribution in [0.25, 0.3) is 10.9 Å². The summed E-state index contributed by atoms with van der Waals surface area (Å²) in [5.41, 5.74) is 4.51. The third kappa shape index (κ3) is 5.05. The Bertz CT molecular complexity index is 1430. The molecule has 4 aromatic rings. The van der Waals surface area contributed by atoms with Crippen LogP contribution in [0.1, 0.15) is 32.6 Å². The highest BCUT2D eigenvalue weighted by atomic mass is 16.5. The lowest BCUT2D eigenvalue weighted by Crippen LogP contribution is -2.32. The molecule has 7 nitrogen and oxygen atoms in total. The van der Waals surface area contributed by atoms with E-state index in [9.17, 15) is 9.59 Å². The maximum atomic E-state index is 13.8. The molecular formula is C29H30N2O5. The normalized spacial score (nSPS) is 10.8. The lowest BCUT2D eigenvalue weighted by Gasteiger charge is -2.24. The zero-order valence-corrected chi connectivity index (χ0v) is 21.2. The molecule has 7 heteroatoms. The van der Waals surface area contributed by atoms with Gasteiger partial charge in [0.1, 0.15) is 0 Å². The maximum absolute atomic E-state index is 13.8. The van der Waals surface area contributed by atoms with E-state index in [4.69, 9.17) is 14.2 Å². The molecule has 0 fully saturated rings. The Morgan fingerprint density at radius 3 is 2.14 bits per heavy atom. The van der Waals surface area contributed by atoms with Crippen molar-refractivity contribution < 1.29 is 19.0 Å². The van der Waals surface area contributed by atoms with Crippen LogP contribution in [0.4, 0.5) is 0 Å². The number of hydrogen-bond donors (Lipinski definition) is 1. The Labute approximate surface area is 210 Å². The van der Waals surface area contributed by atoms with E-state index in [1.807, 2.05) is 62.4 Å². The number of ether oxygens (including phenoxy) is 3. The number of H-pyrrole nitrogens is 1. The minimum atomic E-state index is -0.265. The minimum Gasteiger partial charge on any atom is -0.493 e. The minimum absolute atomic E-state index is 0.128. The Morgan fingerprint density at radius 1 is 0.861 bits per heavy atom. The van der Waals surface area contributed by atoms with Gasteiger partial charge in [-0.25, -0.2) is 0 Å². The summed E-state index contributed by atoms with van der Waals surface area (Å²) in [4.78, 5) is 31.5. The maximum Gasteiger partial charge on any atom is 0.254 e. The van der Waals surface area contributed by atoms with E-state index >= 15 is 0 Å². The van der Waals surface area contributed by atoms with Gasteiger partial charge in [-0.2, -0.15) is 0 Å². The number of aromatic amines is 1. The highest BCUT2D eigenvalue weighted by Crippen LogP contribution is 2.38. The summed E-state index contributed by atoms with van der Waals surface area (Å²) in [6.45, 7) is 4.42. The van der Waals surface area contributed by atoms with E-state index in [1.54, 1.807) is 17.0 Å². The van der Waals surface area contributed by atoms with Crippen LogP contribution in [0, 0.1) is 13.8 Å². The molecule has 0 saturated heterocycles. The van der Waals surface area contributed by atoms with Crippen molar-refractivity contribution in [2.45, 2.75) is 26.9 Å². The molecule has 0 atom stereocenters. The van der Waals surface area contributed by atoms with Gasteiger partial charge in [0.15, 0.2) is 11.5 Å². The molecule has 1 heterocycles. The first kappa shape index (κ1) is 24.9. The van der Waals surface area contributed by atoms with Crippen molar-refractivity contribution in [1.82, 2.24) is 9.88 Å². The first-order valence-corrected chi connectivity index (χ1v) is 11.6. The molecule has 0 unspecified atom stereocenters. The van der Waals surface area contributed by atoms with Crippen LogP contribution in [0.3, 0.4) is 0 Å². The van der Waals surface area contributed by atoms with Gasteiger partial charge in [0, 0.05) is 17.7 Å². The van der Waals surface area contributed by atoms with Crippen molar-refractivity contribution in [1.29, 1.82) is 0 Å². The van der Waals surface area contributed by atoms with E-state index in [0.29, 0.717) is 34.9 Å². The molecule has 3 aromatic carbocycles. The third-order valence-corrected chi connectivity index (χ3v) is 6.22. The molecule has 0 aliphatic rings. The number of carbonyl (C=O) groups is 1. The smallest absolute Gasteiger partial charge is 0.254 e. The highest BCUT2D eigenvalue weighted by molar-refractivity contribution is 5.95. The molecule has 0 spiro atoms. The SMILES string of the molecule is COc1cc(C(=O)N(Cc2ccc(C)cc2)Cc2cc3cccc(C)c3[nH]c2=O)cc(OC)c1OC. The lowest BCUT2D eigenvalue weighted by atomic mass is 10.1.